The highest BCUT2D eigenvalue weighted by Gasteiger charge is 2.43. The van der Waals surface area contributed by atoms with Crippen LogP contribution in [0.1, 0.15) is 31.7 Å². The summed E-state index contributed by atoms with van der Waals surface area (Å²) in [6.45, 7) is 2.38. The van der Waals surface area contributed by atoms with Gasteiger partial charge in [0.15, 0.2) is 0 Å². The van der Waals surface area contributed by atoms with Crippen LogP contribution in [0, 0.1) is 17.2 Å². The first-order chi connectivity index (χ1) is 11.6. The van der Waals surface area contributed by atoms with Crippen LogP contribution in [0.25, 0.3) is 0 Å². The van der Waals surface area contributed by atoms with E-state index in [4.69, 9.17) is 0 Å². The average molecular weight is 342 g/mol. The third-order valence-corrected chi connectivity index (χ3v) is 7.23. The molecular weight excluding hydrogens is 320 g/mol. The third kappa shape index (κ3) is 3.29. The van der Waals surface area contributed by atoms with Crippen LogP contribution in [0.5, 0.6) is 0 Å². The number of hydrogen-bond donors (Lipinski definition) is 0. The maximum absolute atomic E-state index is 13.1. The van der Waals surface area contributed by atoms with Crippen LogP contribution >= 0.6 is 10.5 Å². The number of ketones is 1. The van der Waals surface area contributed by atoms with Gasteiger partial charge in [-0.15, -0.1) is 0 Å². The van der Waals surface area contributed by atoms with Gasteiger partial charge in [0.1, 0.15) is 10.9 Å². The molecular formula is C19H22N2O2S. The molecule has 2 saturated heterocycles. The number of rotatable bonds is 4. The number of nitrogens with zero attached hydrogens (tertiary/aromatic N) is 2. The van der Waals surface area contributed by atoms with Crippen molar-refractivity contribution in [2.24, 2.45) is 5.92 Å². The monoisotopic (exact) mass is 342 g/mol. The lowest BCUT2D eigenvalue weighted by Crippen LogP contribution is -2.43. The topological polar surface area (TPSA) is 61.2 Å². The molecule has 2 unspecified atom stereocenters. The minimum absolute atomic E-state index is 0.0109. The van der Waals surface area contributed by atoms with Crippen molar-refractivity contribution in [1.29, 1.82) is 5.26 Å². The summed E-state index contributed by atoms with van der Waals surface area (Å²) in [5.41, 5.74) is 1.01. The van der Waals surface area contributed by atoms with Gasteiger partial charge in [0.2, 0.25) is 11.7 Å². The summed E-state index contributed by atoms with van der Waals surface area (Å²) >= 11 is 0. The lowest BCUT2D eigenvalue weighted by molar-refractivity contribution is -0.132. The van der Waals surface area contributed by atoms with Gasteiger partial charge in [-0.05, 0) is 35.8 Å². The second-order valence-corrected chi connectivity index (χ2v) is 8.76. The molecule has 2 fully saturated rings. The number of carbonyl (C=O) groups excluding carboxylic acids is 2. The van der Waals surface area contributed by atoms with Crippen molar-refractivity contribution >= 4 is 27.0 Å². The second-order valence-electron chi connectivity index (χ2n) is 6.55. The number of nitriles is 1. The van der Waals surface area contributed by atoms with E-state index >= 15 is 0 Å². The van der Waals surface area contributed by atoms with Crippen LogP contribution in [0.3, 0.4) is 0 Å². The lowest BCUT2D eigenvalue weighted by Gasteiger charge is -2.26. The molecule has 0 aliphatic carbocycles. The molecule has 3 rings (SSSR count). The van der Waals surface area contributed by atoms with Crippen molar-refractivity contribution in [3.05, 3.63) is 35.9 Å². The molecule has 1 aromatic carbocycles. The minimum Gasteiger partial charge on any atom is -0.328 e. The fourth-order valence-electron chi connectivity index (χ4n) is 3.59. The largest absolute Gasteiger partial charge is 0.328 e. The fraction of sp³-hybridized carbons (Fsp3) is 0.474. The van der Waals surface area contributed by atoms with Gasteiger partial charge < -0.3 is 4.90 Å². The van der Waals surface area contributed by atoms with E-state index in [9.17, 15) is 14.9 Å². The molecule has 5 heteroatoms. The van der Waals surface area contributed by atoms with E-state index in [-0.39, 0.29) is 28.1 Å². The predicted octanol–water partition coefficient (Wildman–Crippen LogP) is 2.75. The van der Waals surface area contributed by atoms with Crippen LogP contribution in [-0.2, 0) is 16.1 Å². The number of amides is 1. The summed E-state index contributed by atoms with van der Waals surface area (Å²) in [7, 11) is -0.211. The number of carbonyl (C=O) groups is 2. The molecule has 0 bridgehead atoms. The highest BCUT2D eigenvalue weighted by atomic mass is 32.2. The highest BCUT2D eigenvalue weighted by Crippen LogP contribution is 2.32. The van der Waals surface area contributed by atoms with Crippen LogP contribution in [0.4, 0.5) is 0 Å². The Morgan fingerprint density at radius 2 is 1.96 bits per heavy atom. The molecule has 2 aliphatic rings. The van der Waals surface area contributed by atoms with Gasteiger partial charge in [-0.1, -0.05) is 37.3 Å². The van der Waals surface area contributed by atoms with E-state index in [1.54, 1.807) is 4.90 Å². The van der Waals surface area contributed by atoms with Crippen molar-refractivity contribution < 1.29 is 9.59 Å². The summed E-state index contributed by atoms with van der Waals surface area (Å²) in [6, 6.07) is 11.4. The van der Waals surface area contributed by atoms with E-state index in [1.165, 1.54) is 0 Å². The van der Waals surface area contributed by atoms with Gasteiger partial charge in [0.25, 0.3) is 0 Å². The van der Waals surface area contributed by atoms with Crippen LogP contribution in [-0.4, -0.2) is 39.0 Å². The molecule has 2 atom stereocenters. The smallest absolute Gasteiger partial charge is 0.223 e. The van der Waals surface area contributed by atoms with Gasteiger partial charge in [0.05, 0.1) is 6.04 Å². The van der Waals surface area contributed by atoms with Gasteiger partial charge >= 0.3 is 0 Å². The van der Waals surface area contributed by atoms with Crippen molar-refractivity contribution in [3.8, 4) is 6.07 Å². The summed E-state index contributed by atoms with van der Waals surface area (Å²) in [6.07, 6.45) is 2.57. The zero-order valence-corrected chi connectivity index (χ0v) is 14.7. The van der Waals surface area contributed by atoms with E-state index in [2.05, 4.69) is 6.07 Å². The summed E-state index contributed by atoms with van der Waals surface area (Å²) in [5.74, 6) is 1.75. The predicted molar refractivity (Wildman–Crippen MR) is 96.7 cm³/mol. The average Bonchev–Trinajstić information content (AvgIpc) is 3.18. The molecule has 0 radical (unpaired) electrons. The standard InChI is InChI=1S/C19H22N2O2S/c1-14-11-17(22)21(13-15-7-3-2-4-8-15)18(14)19(23)16(12-20)24-9-5-6-10-24/h2-4,7-8,14,18H,5-6,9-11,13H2,1H3. The number of likely N-dealkylation sites (tertiary alicyclic amines) is 1. The van der Waals surface area contributed by atoms with E-state index in [1.807, 2.05) is 37.3 Å². The van der Waals surface area contributed by atoms with E-state index < -0.39 is 6.04 Å². The Labute approximate surface area is 145 Å². The van der Waals surface area contributed by atoms with E-state index in [0.717, 1.165) is 29.9 Å². The Morgan fingerprint density at radius 3 is 2.58 bits per heavy atom. The van der Waals surface area contributed by atoms with E-state index in [0.29, 0.717) is 17.8 Å². The third-order valence-electron chi connectivity index (χ3n) is 4.80. The Balaban J connectivity index is 1.88. The lowest BCUT2D eigenvalue weighted by atomic mass is 9.97. The Kier molecular flexibility index (Phi) is 5.15. The summed E-state index contributed by atoms with van der Waals surface area (Å²) in [5, 5.41) is 9.54. The molecule has 1 amide bonds. The first-order valence-corrected chi connectivity index (χ1v) is 10.00. The molecule has 126 valence electrons. The molecule has 0 spiro atoms. The number of Topliss-reactive ketones (excluding diaryl/α,β-unsaturated/α-hetero) is 1. The first kappa shape index (κ1) is 16.9. The molecule has 1 aromatic rings. The SMILES string of the molecule is CC1CC(=O)N(Cc2ccccc2)C1C(=O)C(C#N)=S1CCCC1. The first-order valence-electron chi connectivity index (χ1n) is 8.44. The van der Waals surface area contributed by atoms with Crippen molar-refractivity contribution in [3.63, 3.8) is 0 Å². The number of benzene rings is 1. The number of hydrogen-bond acceptors (Lipinski definition) is 3. The summed E-state index contributed by atoms with van der Waals surface area (Å²) < 4.78 is 0. The Hall–Kier alpha value is -1.93. The second kappa shape index (κ2) is 7.31. The molecule has 2 aliphatic heterocycles. The van der Waals surface area contributed by atoms with Crippen LogP contribution < -0.4 is 0 Å². The molecule has 24 heavy (non-hydrogen) atoms. The van der Waals surface area contributed by atoms with Crippen molar-refractivity contribution in [2.45, 2.75) is 38.8 Å². The molecule has 4 nitrogen and oxygen atoms in total. The minimum atomic E-state index is -0.486. The van der Waals surface area contributed by atoms with Crippen molar-refractivity contribution in [1.82, 2.24) is 4.90 Å². The fourth-order valence-corrected chi connectivity index (χ4v) is 5.84. The zero-order valence-electron chi connectivity index (χ0n) is 13.9. The Morgan fingerprint density at radius 1 is 1.29 bits per heavy atom. The van der Waals surface area contributed by atoms with Crippen LogP contribution in [0.2, 0.25) is 0 Å². The zero-order chi connectivity index (χ0) is 17.1. The van der Waals surface area contributed by atoms with Crippen molar-refractivity contribution in [2.75, 3.05) is 11.5 Å². The Bertz CT molecular complexity index is 713. The normalized spacial score (nSPS) is 24.2. The van der Waals surface area contributed by atoms with Gasteiger partial charge in [-0.3, -0.25) is 9.59 Å². The quantitative estimate of drug-likeness (QED) is 0.791. The molecule has 2 heterocycles. The molecule has 0 saturated carbocycles. The maximum atomic E-state index is 13.1. The molecule has 0 N–H and O–H groups in total. The van der Waals surface area contributed by atoms with Gasteiger partial charge in [-0.25, -0.2) is 0 Å². The maximum Gasteiger partial charge on any atom is 0.223 e. The molecule has 0 aromatic heterocycles. The summed E-state index contributed by atoms with van der Waals surface area (Å²) in [4.78, 5) is 27.6. The van der Waals surface area contributed by atoms with Crippen LogP contribution in [0.15, 0.2) is 30.3 Å². The van der Waals surface area contributed by atoms with Gasteiger partial charge in [0, 0.05) is 13.0 Å². The highest BCUT2D eigenvalue weighted by molar-refractivity contribution is 8.17. The van der Waals surface area contributed by atoms with Gasteiger partial charge in [-0.2, -0.15) is 15.7 Å².